The topological polar surface area (TPSA) is 79.5 Å². The van der Waals surface area contributed by atoms with E-state index in [0.29, 0.717) is 41.2 Å². The van der Waals surface area contributed by atoms with Crippen LogP contribution in [0.4, 0.5) is 11.5 Å². The maximum absolute atomic E-state index is 11.3. The fourth-order valence-corrected chi connectivity index (χ4v) is 3.38. The molecule has 2 heterocycles. The number of nitrogens with zero attached hydrogens (tertiary/aromatic N) is 3. The Labute approximate surface area is 152 Å². The Morgan fingerprint density at radius 1 is 1.29 bits per heavy atom. The third-order valence-corrected chi connectivity index (χ3v) is 4.97. The molecular formula is C16H15BrClN3O3. The van der Waals surface area contributed by atoms with Crippen molar-refractivity contribution in [1.82, 2.24) is 4.98 Å². The standard InChI is InChI=1S/C16H15BrClN3O3/c17-12-9-14(21(23)24)15(19-10-12)20-7-5-16(22,6-8-20)11-1-3-13(18)4-2-11/h1-4,9-10,22H,5-8H2. The van der Waals surface area contributed by atoms with Crippen LogP contribution in [-0.4, -0.2) is 28.1 Å². The van der Waals surface area contributed by atoms with Crippen LogP contribution >= 0.6 is 27.5 Å². The van der Waals surface area contributed by atoms with Gasteiger partial charge >= 0.3 is 5.69 Å². The van der Waals surface area contributed by atoms with E-state index in [1.54, 1.807) is 18.3 Å². The molecule has 3 rings (SSSR count). The highest BCUT2D eigenvalue weighted by Crippen LogP contribution is 2.37. The van der Waals surface area contributed by atoms with E-state index in [1.807, 2.05) is 17.0 Å². The second kappa shape index (κ2) is 6.66. The van der Waals surface area contributed by atoms with Gasteiger partial charge in [0.25, 0.3) is 0 Å². The van der Waals surface area contributed by atoms with Crippen LogP contribution in [0.5, 0.6) is 0 Å². The molecule has 1 N–H and O–H groups in total. The highest BCUT2D eigenvalue weighted by Gasteiger charge is 2.36. The van der Waals surface area contributed by atoms with Gasteiger partial charge in [0.15, 0.2) is 0 Å². The van der Waals surface area contributed by atoms with Crippen molar-refractivity contribution in [2.24, 2.45) is 0 Å². The van der Waals surface area contributed by atoms with Crippen LogP contribution in [-0.2, 0) is 5.60 Å². The van der Waals surface area contributed by atoms with Crippen molar-refractivity contribution in [2.45, 2.75) is 18.4 Å². The Morgan fingerprint density at radius 3 is 2.50 bits per heavy atom. The number of hydrogen-bond acceptors (Lipinski definition) is 5. The molecule has 0 bridgehead atoms. The van der Waals surface area contributed by atoms with Gasteiger partial charge in [0.2, 0.25) is 5.82 Å². The van der Waals surface area contributed by atoms with E-state index in [1.165, 1.54) is 6.07 Å². The number of rotatable bonds is 3. The van der Waals surface area contributed by atoms with Crippen LogP contribution in [0, 0.1) is 10.1 Å². The molecule has 0 radical (unpaired) electrons. The molecular weight excluding hydrogens is 398 g/mol. The molecule has 0 unspecified atom stereocenters. The average Bonchev–Trinajstić information content (AvgIpc) is 2.56. The zero-order valence-electron chi connectivity index (χ0n) is 12.7. The highest BCUT2D eigenvalue weighted by atomic mass is 79.9. The van der Waals surface area contributed by atoms with Crippen molar-refractivity contribution in [1.29, 1.82) is 0 Å². The van der Waals surface area contributed by atoms with Gasteiger partial charge in [0, 0.05) is 34.8 Å². The summed E-state index contributed by atoms with van der Waals surface area (Å²) in [5.41, 5.74) is -0.184. The van der Waals surface area contributed by atoms with E-state index >= 15 is 0 Å². The SMILES string of the molecule is O=[N+]([O-])c1cc(Br)cnc1N1CCC(O)(c2ccc(Cl)cc2)CC1. The van der Waals surface area contributed by atoms with Gasteiger partial charge in [-0.25, -0.2) is 4.98 Å². The molecule has 6 nitrogen and oxygen atoms in total. The first-order chi connectivity index (χ1) is 11.4. The van der Waals surface area contributed by atoms with Crippen LogP contribution in [0.3, 0.4) is 0 Å². The largest absolute Gasteiger partial charge is 0.385 e. The predicted molar refractivity (Wildman–Crippen MR) is 95.4 cm³/mol. The molecule has 1 saturated heterocycles. The quantitative estimate of drug-likeness (QED) is 0.611. The van der Waals surface area contributed by atoms with Gasteiger partial charge < -0.3 is 10.0 Å². The zero-order valence-corrected chi connectivity index (χ0v) is 15.0. The van der Waals surface area contributed by atoms with Crippen LogP contribution in [0.1, 0.15) is 18.4 Å². The maximum atomic E-state index is 11.3. The van der Waals surface area contributed by atoms with Crippen LogP contribution in [0.2, 0.25) is 5.02 Å². The maximum Gasteiger partial charge on any atom is 0.312 e. The van der Waals surface area contributed by atoms with Gasteiger partial charge in [0.05, 0.1) is 10.5 Å². The first-order valence-electron chi connectivity index (χ1n) is 7.42. The molecule has 1 fully saturated rings. The molecule has 1 aromatic heterocycles. The number of piperidine rings is 1. The van der Waals surface area contributed by atoms with Gasteiger partial charge in [-0.05, 0) is 46.5 Å². The number of benzene rings is 1. The van der Waals surface area contributed by atoms with E-state index in [2.05, 4.69) is 20.9 Å². The minimum Gasteiger partial charge on any atom is -0.385 e. The van der Waals surface area contributed by atoms with E-state index in [4.69, 9.17) is 11.6 Å². The summed E-state index contributed by atoms with van der Waals surface area (Å²) in [5, 5.41) is 22.8. The summed E-state index contributed by atoms with van der Waals surface area (Å²) in [6, 6.07) is 8.59. The number of aromatic nitrogens is 1. The summed E-state index contributed by atoms with van der Waals surface area (Å²) in [5.74, 6) is 0.335. The summed E-state index contributed by atoms with van der Waals surface area (Å²) in [4.78, 5) is 16.9. The molecule has 0 amide bonds. The normalized spacial score (nSPS) is 16.9. The highest BCUT2D eigenvalue weighted by molar-refractivity contribution is 9.10. The van der Waals surface area contributed by atoms with E-state index < -0.39 is 10.5 Å². The summed E-state index contributed by atoms with van der Waals surface area (Å²) in [7, 11) is 0. The molecule has 0 aliphatic carbocycles. The van der Waals surface area contributed by atoms with Gasteiger partial charge in [-0.3, -0.25) is 10.1 Å². The molecule has 1 aliphatic heterocycles. The minimum atomic E-state index is -0.953. The summed E-state index contributed by atoms with van der Waals surface area (Å²) in [6.07, 6.45) is 2.47. The molecule has 0 spiro atoms. The molecule has 0 saturated carbocycles. The first kappa shape index (κ1) is 17.1. The van der Waals surface area contributed by atoms with Crippen LogP contribution < -0.4 is 4.90 Å². The molecule has 8 heteroatoms. The zero-order chi connectivity index (χ0) is 17.3. The molecule has 126 valence electrons. The van der Waals surface area contributed by atoms with Crippen molar-refractivity contribution in [3.05, 3.63) is 61.7 Å². The minimum absolute atomic E-state index is 0.0405. The van der Waals surface area contributed by atoms with Crippen LogP contribution in [0.15, 0.2) is 41.0 Å². The number of pyridine rings is 1. The molecule has 24 heavy (non-hydrogen) atoms. The summed E-state index contributed by atoms with van der Waals surface area (Å²) in [6.45, 7) is 0.962. The smallest absolute Gasteiger partial charge is 0.312 e. The van der Waals surface area contributed by atoms with E-state index in [9.17, 15) is 15.2 Å². The lowest BCUT2D eigenvalue weighted by Crippen LogP contribution is -2.43. The van der Waals surface area contributed by atoms with Gasteiger partial charge in [-0.1, -0.05) is 23.7 Å². The molecule has 0 atom stereocenters. The Morgan fingerprint density at radius 2 is 1.92 bits per heavy atom. The predicted octanol–water partition coefficient (Wildman–Crippen LogP) is 3.89. The second-order valence-electron chi connectivity index (χ2n) is 5.78. The Hall–Kier alpha value is -1.70. The first-order valence-corrected chi connectivity index (χ1v) is 8.59. The third kappa shape index (κ3) is 3.38. The number of hydrogen-bond donors (Lipinski definition) is 1. The molecule has 1 aromatic carbocycles. The Balaban J connectivity index is 1.80. The number of halogens is 2. The van der Waals surface area contributed by atoms with E-state index in [0.717, 1.165) is 5.56 Å². The molecule has 2 aromatic rings. The Kier molecular flexibility index (Phi) is 4.76. The third-order valence-electron chi connectivity index (χ3n) is 4.28. The van der Waals surface area contributed by atoms with Crippen molar-refractivity contribution in [3.63, 3.8) is 0 Å². The number of nitro groups is 1. The van der Waals surface area contributed by atoms with Crippen LogP contribution in [0.25, 0.3) is 0 Å². The van der Waals surface area contributed by atoms with Gasteiger partial charge in [0.1, 0.15) is 0 Å². The number of anilines is 1. The fraction of sp³-hybridized carbons (Fsp3) is 0.312. The second-order valence-corrected chi connectivity index (χ2v) is 7.13. The summed E-state index contributed by atoms with van der Waals surface area (Å²) >= 11 is 9.10. The van der Waals surface area contributed by atoms with Crippen molar-refractivity contribution in [2.75, 3.05) is 18.0 Å². The van der Waals surface area contributed by atoms with E-state index in [-0.39, 0.29) is 5.69 Å². The van der Waals surface area contributed by atoms with Crippen molar-refractivity contribution >= 4 is 39.0 Å². The lowest BCUT2D eigenvalue weighted by molar-refractivity contribution is -0.384. The lowest BCUT2D eigenvalue weighted by atomic mass is 9.84. The van der Waals surface area contributed by atoms with Crippen molar-refractivity contribution in [3.8, 4) is 0 Å². The fourth-order valence-electron chi connectivity index (χ4n) is 2.94. The molecule has 1 aliphatic rings. The lowest BCUT2D eigenvalue weighted by Gasteiger charge is -2.38. The van der Waals surface area contributed by atoms with Gasteiger partial charge in [-0.2, -0.15) is 0 Å². The van der Waals surface area contributed by atoms with Crippen molar-refractivity contribution < 1.29 is 10.0 Å². The Bertz CT molecular complexity index is 762. The monoisotopic (exact) mass is 411 g/mol. The van der Waals surface area contributed by atoms with Gasteiger partial charge in [-0.15, -0.1) is 0 Å². The summed E-state index contributed by atoms with van der Waals surface area (Å²) < 4.78 is 0.563. The average molecular weight is 413 g/mol. The number of aliphatic hydroxyl groups is 1.